The van der Waals surface area contributed by atoms with E-state index in [4.69, 9.17) is 19.9 Å². The zero-order chi connectivity index (χ0) is 22.6. The van der Waals surface area contributed by atoms with Crippen LogP contribution in [0.3, 0.4) is 0 Å². The minimum absolute atomic E-state index is 0.176. The first kappa shape index (κ1) is 20.3. The second kappa shape index (κ2) is 8.84. The number of benzene rings is 3. The number of anilines is 1. The zero-order valence-corrected chi connectivity index (χ0v) is 17.9. The van der Waals surface area contributed by atoms with Gasteiger partial charge in [0.05, 0.1) is 12.8 Å². The summed E-state index contributed by atoms with van der Waals surface area (Å²) in [5.41, 5.74) is 9.76. The molecule has 0 aliphatic heterocycles. The quantitative estimate of drug-likeness (QED) is 0.354. The van der Waals surface area contributed by atoms with Gasteiger partial charge in [0.15, 0.2) is 11.5 Å². The number of nitrogens with zero attached hydrogens (tertiary/aromatic N) is 4. The molecule has 0 saturated heterocycles. The number of rotatable bonds is 6. The van der Waals surface area contributed by atoms with E-state index in [1.807, 2.05) is 89.5 Å². The van der Waals surface area contributed by atoms with Crippen LogP contribution in [-0.4, -0.2) is 27.9 Å². The summed E-state index contributed by atoms with van der Waals surface area (Å²) in [5, 5.41) is 0. The summed E-state index contributed by atoms with van der Waals surface area (Å²) in [4.78, 5) is 14.0. The molecule has 5 aromatic rings. The van der Waals surface area contributed by atoms with Crippen molar-refractivity contribution in [3.63, 3.8) is 0 Å². The molecule has 0 aliphatic rings. The fourth-order valence-corrected chi connectivity index (χ4v) is 3.52. The predicted molar refractivity (Wildman–Crippen MR) is 129 cm³/mol. The summed E-state index contributed by atoms with van der Waals surface area (Å²) in [6.07, 6.45) is 3.46. The van der Waals surface area contributed by atoms with Crippen LogP contribution >= 0.6 is 0 Å². The van der Waals surface area contributed by atoms with E-state index in [1.54, 1.807) is 19.7 Å². The first-order chi connectivity index (χ1) is 16.2. The van der Waals surface area contributed by atoms with Gasteiger partial charge in [-0.2, -0.15) is 0 Å². The Kier molecular flexibility index (Phi) is 5.43. The number of nitrogens with two attached hydrogens (primary N) is 1. The molecule has 0 fully saturated rings. The molecule has 0 radical (unpaired) electrons. The van der Waals surface area contributed by atoms with Crippen LogP contribution < -0.4 is 10.5 Å². The Labute approximate surface area is 190 Å². The van der Waals surface area contributed by atoms with Crippen LogP contribution in [0.25, 0.3) is 28.5 Å². The summed E-state index contributed by atoms with van der Waals surface area (Å²) in [7, 11) is 1.63. The second-order valence-electron chi connectivity index (χ2n) is 7.23. The fraction of sp³-hybridized carbons (Fsp3) is 0.0385. The minimum Gasteiger partial charge on any atom is -0.495 e. The maximum absolute atomic E-state index is 6.24. The number of imidazole rings is 1. The van der Waals surface area contributed by atoms with Gasteiger partial charge in [0.25, 0.3) is 0 Å². The van der Waals surface area contributed by atoms with Crippen molar-refractivity contribution in [1.82, 2.24) is 14.5 Å². The Bertz CT molecular complexity index is 1410. The highest BCUT2D eigenvalue weighted by Crippen LogP contribution is 2.38. The van der Waals surface area contributed by atoms with Crippen LogP contribution in [0.1, 0.15) is 5.56 Å². The third kappa shape index (κ3) is 3.99. The van der Waals surface area contributed by atoms with Crippen molar-refractivity contribution in [3.8, 4) is 34.3 Å². The number of ether oxygens (including phenoxy) is 1. The van der Waals surface area contributed by atoms with E-state index in [9.17, 15) is 0 Å². The minimum atomic E-state index is 0.176. The van der Waals surface area contributed by atoms with Crippen molar-refractivity contribution in [1.29, 1.82) is 0 Å². The molecule has 0 amide bonds. The molecule has 33 heavy (non-hydrogen) atoms. The van der Waals surface area contributed by atoms with E-state index in [0.717, 1.165) is 16.8 Å². The molecule has 0 unspecified atom stereocenters. The van der Waals surface area contributed by atoms with Crippen LogP contribution in [-0.2, 0) is 0 Å². The smallest absolute Gasteiger partial charge is 0.229 e. The number of para-hydroxylation sites is 2. The molecule has 2 N–H and O–H groups in total. The highest BCUT2D eigenvalue weighted by molar-refractivity contribution is 5.85. The lowest BCUT2D eigenvalue weighted by atomic mass is 10.2. The number of nitrogen functional groups attached to an aromatic ring is 1. The first-order valence-corrected chi connectivity index (χ1v) is 10.4. The Hall–Kier alpha value is -4.65. The topological polar surface area (TPSA) is 91.5 Å². The average Bonchev–Trinajstić information content (AvgIpc) is 3.47. The lowest BCUT2D eigenvalue weighted by molar-refractivity contribution is 0.413. The SMILES string of the molecule is COc1ccccc1-n1cnc(-c2nc(-c3ccccc3)oc2N)c1/N=C/c1ccccc1. The maximum Gasteiger partial charge on any atom is 0.229 e. The molecule has 5 rings (SSSR count). The number of oxazole rings is 1. The third-order valence-corrected chi connectivity index (χ3v) is 5.12. The molecule has 0 bridgehead atoms. The largest absolute Gasteiger partial charge is 0.495 e. The van der Waals surface area contributed by atoms with Gasteiger partial charge >= 0.3 is 0 Å². The highest BCUT2D eigenvalue weighted by Gasteiger charge is 2.22. The molecule has 0 saturated carbocycles. The van der Waals surface area contributed by atoms with Crippen molar-refractivity contribution in [3.05, 3.63) is 96.8 Å². The van der Waals surface area contributed by atoms with Gasteiger partial charge in [-0.1, -0.05) is 60.7 Å². The monoisotopic (exact) mass is 435 g/mol. The van der Waals surface area contributed by atoms with Gasteiger partial charge in [-0.05, 0) is 29.8 Å². The van der Waals surface area contributed by atoms with E-state index in [1.165, 1.54) is 0 Å². The Morgan fingerprint density at radius 1 is 0.909 bits per heavy atom. The van der Waals surface area contributed by atoms with Crippen molar-refractivity contribution in [2.45, 2.75) is 0 Å². The Morgan fingerprint density at radius 2 is 1.61 bits per heavy atom. The van der Waals surface area contributed by atoms with Gasteiger partial charge in [0.1, 0.15) is 17.8 Å². The van der Waals surface area contributed by atoms with Crippen molar-refractivity contribution in [2.24, 2.45) is 4.99 Å². The van der Waals surface area contributed by atoms with E-state index in [0.29, 0.717) is 28.8 Å². The van der Waals surface area contributed by atoms with Gasteiger partial charge in [-0.15, -0.1) is 0 Å². The number of aliphatic imine (C=N–C) groups is 1. The highest BCUT2D eigenvalue weighted by atomic mass is 16.5. The molecule has 0 atom stereocenters. The van der Waals surface area contributed by atoms with Gasteiger partial charge < -0.3 is 14.9 Å². The van der Waals surface area contributed by atoms with Crippen LogP contribution in [0.4, 0.5) is 11.7 Å². The van der Waals surface area contributed by atoms with Crippen molar-refractivity contribution in [2.75, 3.05) is 12.8 Å². The number of methoxy groups -OCH3 is 1. The van der Waals surface area contributed by atoms with Crippen LogP contribution in [0.2, 0.25) is 0 Å². The number of hydrogen-bond acceptors (Lipinski definition) is 6. The molecule has 7 heteroatoms. The molecule has 162 valence electrons. The summed E-state index contributed by atoms with van der Waals surface area (Å²) in [6, 6.07) is 27.1. The molecule has 2 aromatic heterocycles. The van der Waals surface area contributed by atoms with Crippen LogP contribution in [0.15, 0.2) is 101 Å². The molecule has 2 heterocycles. The van der Waals surface area contributed by atoms with E-state index >= 15 is 0 Å². The maximum atomic E-state index is 6.24. The van der Waals surface area contributed by atoms with Crippen molar-refractivity contribution < 1.29 is 9.15 Å². The lowest BCUT2D eigenvalue weighted by Gasteiger charge is -2.10. The van der Waals surface area contributed by atoms with Gasteiger partial charge in [-0.25, -0.2) is 15.0 Å². The van der Waals surface area contributed by atoms with Crippen LogP contribution in [0, 0.1) is 0 Å². The number of hydrogen-bond donors (Lipinski definition) is 1. The van der Waals surface area contributed by atoms with Crippen LogP contribution in [0.5, 0.6) is 5.75 Å². The standard InChI is InChI=1S/C26H21N5O2/c1-32-21-15-9-8-14-20(21)31-17-29-23(25(31)28-16-18-10-4-2-5-11-18)22-24(27)33-26(30-22)19-12-6-3-7-13-19/h2-17H,27H2,1H3/b28-16+. The van der Waals surface area contributed by atoms with Crippen molar-refractivity contribution >= 4 is 17.9 Å². The molecule has 3 aromatic carbocycles. The van der Waals surface area contributed by atoms with Gasteiger partial charge in [-0.3, -0.25) is 4.57 Å². The summed E-state index contributed by atoms with van der Waals surface area (Å²) >= 11 is 0. The van der Waals surface area contributed by atoms with E-state index in [-0.39, 0.29) is 5.88 Å². The van der Waals surface area contributed by atoms with E-state index < -0.39 is 0 Å². The van der Waals surface area contributed by atoms with E-state index in [2.05, 4.69) is 9.97 Å². The number of aromatic nitrogens is 3. The fourth-order valence-electron chi connectivity index (χ4n) is 3.52. The average molecular weight is 435 g/mol. The molecule has 7 nitrogen and oxygen atoms in total. The van der Waals surface area contributed by atoms with Gasteiger partial charge in [0.2, 0.25) is 11.8 Å². The molecule has 0 aliphatic carbocycles. The summed E-state index contributed by atoms with van der Waals surface area (Å²) in [5.74, 6) is 1.85. The second-order valence-corrected chi connectivity index (χ2v) is 7.23. The zero-order valence-electron chi connectivity index (χ0n) is 17.9. The third-order valence-electron chi connectivity index (χ3n) is 5.12. The Morgan fingerprint density at radius 3 is 2.36 bits per heavy atom. The normalized spacial score (nSPS) is 11.2. The predicted octanol–water partition coefficient (Wildman–Crippen LogP) is 5.54. The summed E-state index contributed by atoms with van der Waals surface area (Å²) < 4.78 is 13.2. The molecular weight excluding hydrogens is 414 g/mol. The van der Waals surface area contributed by atoms with Gasteiger partial charge in [0, 0.05) is 11.8 Å². The lowest BCUT2D eigenvalue weighted by Crippen LogP contribution is -1.97. The molecular formula is C26H21N5O2. The Balaban J connectivity index is 1.66. The summed E-state index contributed by atoms with van der Waals surface area (Å²) in [6.45, 7) is 0. The molecule has 0 spiro atoms. The first-order valence-electron chi connectivity index (χ1n) is 10.4.